The van der Waals surface area contributed by atoms with E-state index in [1.54, 1.807) is 0 Å². The summed E-state index contributed by atoms with van der Waals surface area (Å²) >= 11 is 2.28. The van der Waals surface area contributed by atoms with Gasteiger partial charge < -0.3 is 0 Å². The number of hydrogen-bond acceptors (Lipinski definition) is 4. The molecule has 6 heteroatoms. The van der Waals surface area contributed by atoms with Crippen LogP contribution in [0.3, 0.4) is 0 Å². The molecule has 1 aliphatic carbocycles. The predicted octanol–water partition coefficient (Wildman–Crippen LogP) is 1.97. The Morgan fingerprint density at radius 3 is 2.12 bits per heavy atom. The number of benzene rings is 2. The molecule has 3 rings (SSSR count). The molecule has 2 aromatic rings. The molecule has 130 valence electrons. The fourth-order valence-electron chi connectivity index (χ4n) is 3.14. The Labute approximate surface area is 154 Å². The molecule has 2 atom stereocenters. The van der Waals surface area contributed by atoms with Gasteiger partial charge in [-0.25, -0.2) is 0 Å². The third-order valence-electron chi connectivity index (χ3n) is 4.35. The van der Waals surface area contributed by atoms with E-state index in [1.165, 1.54) is 6.92 Å². The van der Waals surface area contributed by atoms with Crippen molar-refractivity contribution in [2.24, 2.45) is 0 Å². The van der Waals surface area contributed by atoms with Crippen molar-refractivity contribution in [1.82, 2.24) is 5.32 Å². The molecule has 0 heterocycles. The van der Waals surface area contributed by atoms with E-state index < -0.39 is 22.9 Å². The van der Waals surface area contributed by atoms with E-state index in [2.05, 4.69) is 33.5 Å². The van der Waals surface area contributed by atoms with Gasteiger partial charge in [-0.15, -0.1) is 0 Å². The number of amides is 1. The number of carbonyl (C=O) groups excluding carboxylic acids is 2. The molecule has 0 saturated carbocycles. The van der Waals surface area contributed by atoms with Crippen LogP contribution in [0.4, 0.5) is 4.79 Å². The van der Waals surface area contributed by atoms with Crippen LogP contribution in [0.15, 0.2) is 48.5 Å². The first-order valence-electron chi connectivity index (χ1n) is 7.99. The van der Waals surface area contributed by atoms with Crippen molar-refractivity contribution in [3.05, 3.63) is 59.7 Å². The van der Waals surface area contributed by atoms with Gasteiger partial charge in [-0.1, -0.05) is 0 Å². The summed E-state index contributed by atoms with van der Waals surface area (Å²) in [5.74, 6) is -0.0490. The number of nitrogens with one attached hydrogen (secondary N) is 1. The number of aliphatic hydroxyl groups excluding tert-OH is 1. The monoisotopic (exact) mass is 404 g/mol. The van der Waals surface area contributed by atoms with Crippen LogP contribution >= 0.6 is 0 Å². The zero-order valence-electron chi connectivity index (χ0n) is 13.6. The van der Waals surface area contributed by atoms with Crippen LogP contribution in [-0.4, -0.2) is 50.6 Å². The minimum atomic E-state index is -1.02. The van der Waals surface area contributed by atoms with E-state index in [9.17, 15) is 14.7 Å². The van der Waals surface area contributed by atoms with Gasteiger partial charge in [-0.05, 0) is 0 Å². The number of rotatable bonds is 5. The van der Waals surface area contributed by atoms with Gasteiger partial charge in [-0.3, -0.25) is 0 Å². The van der Waals surface area contributed by atoms with Gasteiger partial charge in [0.2, 0.25) is 0 Å². The van der Waals surface area contributed by atoms with Crippen LogP contribution in [0.5, 0.6) is 0 Å². The molecule has 25 heavy (non-hydrogen) atoms. The zero-order chi connectivity index (χ0) is 18.0. The van der Waals surface area contributed by atoms with Crippen molar-refractivity contribution in [1.29, 1.82) is 0 Å². The third-order valence-corrected chi connectivity index (χ3v) is 4.89. The van der Waals surface area contributed by atoms with Crippen LogP contribution < -0.4 is 5.32 Å². The number of aliphatic hydroxyl groups is 1. The van der Waals surface area contributed by atoms with Crippen LogP contribution in [0.25, 0.3) is 11.1 Å². The Hall–Kier alpha value is -2.14. The minimum absolute atomic E-state index is 0.0490. The molecular formula is C19H18NO4Se-. The SMILES string of the molecule is C[C@H](O)[C@@H](NC(=O)OCC1c2ccccc2-c2ccccc21)C(=O)[Se-]. The Morgan fingerprint density at radius 1 is 1.12 bits per heavy atom. The van der Waals surface area contributed by atoms with E-state index in [0.29, 0.717) is 0 Å². The second-order valence-electron chi connectivity index (χ2n) is 6.01. The van der Waals surface area contributed by atoms with Gasteiger partial charge in [0.1, 0.15) is 0 Å². The molecule has 0 saturated heterocycles. The summed E-state index contributed by atoms with van der Waals surface area (Å²) < 4.78 is 4.90. The summed E-state index contributed by atoms with van der Waals surface area (Å²) in [6, 6.07) is 15.1. The van der Waals surface area contributed by atoms with Crippen molar-refractivity contribution in [3.63, 3.8) is 0 Å². The van der Waals surface area contributed by atoms with Gasteiger partial charge in [0, 0.05) is 0 Å². The van der Waals surface area contributed by atoms with Crippen molar-refractivity contribution in [2.45, 2.75) is 25.0 Å². The molecule has 5 nitrogen and oxygen atoms in total. The molecule has 1 aliphatic rings. The fraction of sp³-hybridized carbons (Fsp3) is 0.263. The molecule has 0 aromatic heterocycles. The Morgan fingerprint density at radius 2 is 1.64 bits per heavy atom. The van der Waals surface area contributed by atoms with E-state index in [4.69, 9.17) is 4.74 Å². The van der Waals surface area contributed by atoms with Crippen molar-refractivity contribution in [2.75, 3.05) is 6.61 Å². The fourth-order valence-corrected chi connectivity index (χ4v) is 3.68. The van der Waals surface area contributed by atoms with Crippen molar-refractivity contribution >= 4 is 26.8 Å². The standard InChI is InChI=1S/C19H19NO4Se/c1-11(21)17(18(22)25)20-19(23)24-10-16-14-8-4-2-6-12(14)13-7-3-5-9-15(13)16/h2-9,11,16-17,21H,10H2,1H3,(H,20,23)(H,22,25)/p-1/t11-,17+/m0/s1. The third kappa shape index (κ3) is 3.61. The van der Waals surface area contributed by atoms with Crippen molar-refractivity contribution in [3.8, 4) is 11.1 Å². The molecule has 0 unspecified atom stereocenters. The van der Waals surface area contributed by atoms with Crippen molar-refractivity contribution < 1.29 is 19.4 Å². The quantitative estimate of drug-likeness (QED) is 0.749. The van der Waals surface area contributed by atoms with Crippen LogP contribution in [0.2, 0.25) is 0 Å². The summed E-state index contributed by atoms with van der Waals surface area (Å²) in [7, 11) is 0. The number of carbonyl (C=O) groups is 2. The van der Waals surface area contributed by atoms with Gasteiger partial charge in [-0.2, -0.15) is 0 Å². The maximum atomic E-state index is 12.0. The second-order valence-corrected chi connectivity index (χ2v) is 6.85. The number of hydrogen-bond donors (Lipinski definition) is 2. The summed E-state index contributed by atoms with van der Waals surface area (Å²) in [6.45, 7) is 1.59. The maximum absolute atomic E-state index is 12.0. The number of ether oxygens (including phenoxy) is 1. The molecule has 0 fully saturated rings. The average molecular weight is 403 g/mol. The normalized spacial score (nSPS) is 15.0. The van der Waals surface area contributed by atoms with Crippen LogP contribution in [0.1, 0.15) is 24.0 Å². The topological polar surface area (TPSA) is 75.6 Å². The summed E-state index contributed by atoms with van der Waals surface area (Å²) in [5.41, 5.74) is 4.52. The van der Waals surface area contributed by atoms with E-state index in [-0.39, 0.29) is 12.5 Å². The number of alkyl carbamates (subject to hydrolysis) is 1. The average Bonchev–Trinajstić information content (AvgIpc) is 2.91. The molecule has 0 spiro atoms. The molecule has 1 amide bonds. The Kier molecular flexibility index (Phi) is 5.23. The first-order valence-corrected chi connectivity index (χ1v) is 8.85. The molecule has 2 N–H and O–H groups in total. The van der Waals surface area contributed by atoms with Gasteiger partial charge >= 0.3 is 154 Å². The molecular weight excluding hydrogens is 385 g/mol. The van der Waals surface area contributed by atoms with Gasteiger partial charge in [0.05, 0.1) is 0 Å². The summed E-state index contributed by atoms with van der Waals surface area (Å²) in [5, 5.41) is 12.0. The van der Waals surface area contributed by atoms with E-state index in [1.807, 2.05) is 36.4 Å². The Balaban J connectivity index is 1.73. The second kappa shape index (κ2) is 7.40. The summed E-state index contributed by atoms with van der Waals surface area (Å²) in [4.78, 5) is 23.5. The zero-order valence-corrected chi connectivity index (χ0v) is 15.4. The molecule has 0 bridgehead atoms. The van der Waals surface area contributed by atoms with Crippen LogP contribution in [-0.2, 0) is 9.53 Å². The Bertz CT molecular complexity index is 760. The van der Waals surface area contributed by atoms with Crippen LogP contribution in [0, 0.1) is 0 Å². The first kappa shape index (κ1) is 17.7. The van der Waals surface area contributed by atoms with Gasteiger partial charge in [0.25, 0.3) is 0 Å². The van der Waals surface area contributed by atoms with E-state index >= 15 is 0 Å². The van der Waals surface area contributed by atoms with Gasteiger partial charge in [0.15, 0.2) is 0 Å². The molecule has 0 aliphatic heterocycles. The number of fused-ring (bicyclic) bond motifs is 3. The molecule has 0 radical (unpaired) electrons. The van der Waals surface area contributed by atoms with E-state index in [0.717, 1.165) is 22.3 Å². The predicted molar refractivity (Wildman–Crippen MR) is 94.4 cm³/mol. The first-order chi connectivity index (χ1) is 12.0. The molecule has 2 aromatic carbocycles. The summed E-state index contributed by atoms with van der Waals surface area (Å²) in [6.07, 6.45) is -1.73.